The third-order valence-electron chi connectivity index (χ3n) is 3.20. The summed E-state index contributed by atoms with van der Waals surface area (Å²) >= 11 is 1.66. The van der Waals surface area contributed by atoms with Crippen LogP contribution in [-0.4, -0.2) is 17.3 Å². The van der Waals surface area contributed by atoms with Gasteiger partial charge in [-0.3, -0.25) is 14.9 Å². The quantitative estimate of drug-likeness (QED) is 0.461. The summed E-state index contributed by atoms with van der Waals surface area (Å²) in [6, 6.07) is 8.92. The second-order valence-electron chi connectivity index (χ2n) is 4.92. The van der Waals surface area contributed by atoms with Crippen molar-refractivity contribution < 1.29 is 9.72 Å². The molecule has 0 amide bonds. The lowest BCUT2D eigenvalue weighted by Crippen LogP contribution is -2.29. The summed E-state index contributed by atoms with van der Waals surface area (Å²) in [5.74, 6) is 0. The number of carbonyl (C=O) groups excluding carboxylic acids is 1. The van der Waals surface area contributed by atoms with Gasteiger partial charge >= 0.3 is 0 Å². The molecule has 0 N–H and O–H groups in total. The highest BCUT2D eigenvalue weighted by molar-refractivity contribution is 7.09. The van der Waals surface area contributed by atoms with Crippen LogP contribution in [0.1, 0.15) is 29.1 Å². The predicted octanol–water partition coefficient (Wildman–Crippen LogP) is 3.88. The van der Waals surface area contributed by atoms with E-state index in [4.69, 9.17) is 0 Å². The van der Waals surface area contributed by atoms with Gasteiger partial charge in [0.05, 0.1) is 17.0 Å². The number of nitrogens with zero attached hydrogens (tertiary/aromatic N) is 2. The molecular weight excluding hydrogens is 288 g/mol. The van der Waals surface area contributed by atoms with Crippen LogP contribution >= 0.6 is 11.3 Å². The van der Waals surface area contributed by atoms with Gasteiger partial charge in [0.25, 0.3) is 5.69 Å². The normalized spacial score (nSPS) is 10.6. The van der Waals surface area contributed by atoms with E-state index in [0.29, 0.717) is 12.8 Å². The Morgan fingerprint density at radius 1 is 1.38 bits per heavy atom. The van der Waals surface area contributed by atoms with E-state index in [1.54, 1.807) is 23.5 Å². The van der Waals surface area contributed by atoms with Crippen LogP contribution in [0.15, 0.2) is 35.7 Å². The first-order valence-corrected chi connectivity index (χ1v) is 7.43. The Labute approximate surface area is 127 Å². The molecule has 0 bridgehead atoms. The Morgan fingerprint density at radius 3 is 2.67 bits per heavy atom. The number of rotatable bonds is 6. The lowest BCUT2D eigenvalue weighted by atomic mass is 10.1. The fourth-order valence-corrected chi connectivity index (χ4v) is 2.83. The van der Waals surface area contributed by atoms with Crippen LogP contribution in [0.25, 0.3) is 0 Å². The van der Waals surface area contributed by atoms with Crippen molar-refractivity contribution in [3.63, 3.8) is 0 Å². The monoisotopic (exact) mass is 304 g/mol. The Hall–Kier alpha value is -2.21. The lowest BCUT2D eigenvalue weighted by molar-refractivity contribution is -0.385. The number of nitro groups is 1. The Balaban J connectivity index is 2.36. The van der Waals surface area contributed by atoms with Crippen molar-refractivity contribution in [2.75, 3.05) is 4.90 Å². The number of hydrogen-bond acceptors (Lipinski definition) is 5. The molecule has 110 valence electrons. The van der Waals surface area contributed by atoms with Crippen molar-refractivity contribution in [2.45, 2.75) is 26.4 Å². The molecule has 0 saturated heterocycles. The Bertz CT molecular complexity index is 638. The minimum Gasteiger partial charge on any atom is -0.364 e. The second-order valence-corrected chi connectivity index (χ2v) is 5.95. The first-order chi connectivity index (χ1) is 10.0. The smallest absolute Gasteiger partial charge is 0.280 e. The maximum Gasteiger partial charge on any atom is 0.280 e. The van der Waals surface area contributed by atoms with Gasteiger partial charge in [0.15, 0.2) is 6.29 Å². The summed E-state index contributed by atoms with van der Waals surface area (Å²) < 4.78 is 0. The zero-order valence-corrected chi connectivity index (χ0v) is 12.7. The van der Waals surface area contributed by atoms with Crippen molar-refractivity contribution >= 4 is 29.0 Å². The minimum atomic E-state index is -0.535. The van der Waals surface area contributed by atoms with E-state index >= 15 is 0 Å². The maximum absolute atomic E-state index is 11.1. The van der Waals surface area contributed by atoms with Crippen molar-refractivity contribution in [1.82, 2.24) is 0 Å². The number of nitro benzene ring substituents is 1. The summed E-state index contributed by atoms with van der Waals surface area (Å²) in [4.78, 5) is 24.7. The van der Waals surface area contributed by atoms with Gasteiger partial charge < -0.3 is 4.90 Å². The molecule has 0 radical (unpaired) electrons. The van der Waals surface area contributed by atoms with Gasteiger partial charge in [0, 0.05) is 22.7 Å². The minimum absolute atomic E-state index is 0.106. The predicted molar refractivity (Wildman–Crippen MR) is 84.1 cm³/mol. The molecule has 5 nitrogen and oxygen atoms in total. The van der Waals surface area contributed by atoms with Gasteiger partial charge in [-0.25, -0.2) is 0 Å². The largest absolute Gasteiger partial charge is 0.364 e. The van der Waals surface area contributed by atoms with E-state index in [9.17, 15) is 14.9 Å². The average molecular weight is 304 g/mol. The van der Waals surface area contributed by atoms with E-state index in [1.165, 1.54) is 10.9 Å². The number of carbonyl (C=O) groups is 1. The molecule has 21 heavy (non-hydrogen) atoms. The zero-order valence-electron chi connectivity index (χ0n) is 11.9. The first kappa shape index (κ1) is 15.2. The summed E-state index contributed by atoms with van der Waals surface area (Å²) in [5, 5.41) is 12.9. The molecule has 6 heteroatoms. The third-order valence-corrected chi connectivity index (χ3v) is 4.06. The van der Waals surface area contributed by atoms with Crippen LogP contribution < -0.4 is 4.90 Å². The fourth-order valence-electron chi connectivity index (χ4n) is 2.12. The van der Waals surface area contributed by atoms with Crippen LogP contribution in [0.3, 0.4) is 0 Å². The van der Waals surface area contributed by atoms with Gasteiger partial charge in [0.1, 0.15) is 0 Å². The molecule has 0 fully saturated rings. The Kier molecular flexibility index (Phi) is 4.70. The van der Waals surface area contributed by atoms with E-state index in [0.717, 1.165) is 5.69 Å². The summed E-state index contributed by atoms with van der Waals surface area (Å²) in [6.45, 7) is 4.82. The van der Waals surface area contributed by atoms with E-state index in [-0.39, 0.29) is 17.3 Å². The van der Waals surface area contributed by atoms with E-state index < -0.39 is 4.92 Å². The highest BCUT2D eigenvalue weighted by Gasteiger charge is 2.18. The molecule has 1 heterocycles. The topological polar surface area (TPSA) is 63.4 Å². The number of anilines is 1. The summed E-state index contributed by atoms with van der Waals surface area (Å²) in [5.41, 5.74) is 0.758. The van der Waals surface area contributed by atoms with Gasteiger partial charge in [0.2, 0.25) is 0 Å². The van der Waals surface area contributed by atoms with Gasteiger partial charge in [-0.15, -0.1) is 11.3 Å². The number of thiophene rings is 1. The first-order valence-electron chi connectivity index (χ1n) is 6.55. The molecule has 2 rings (SSSR count). The molecule has 0 atom stereocenters. The number of aldehydes is 1. The molecule has 0 aliphatic heterocycles. The zero-order chi connectivity index (χ0) is 15.4. The van der Waals surface area contributed by atoms with Gasteiger partial charge in [-0.2, -0.15) is 0 Å². The maximum atomic E-state index is 11.1. The molecule has 0 aliphatic rings. The second kappa shape index (κ2) is 6.49. The summed E-state index contributed by atoms with van der Waals surface area (Å²) in [6.07, 6.45) is 0.533. The van der Waals surface area contributed by atoms with Gasteiger partial charge in [-0.05, 0) is 37.4 Å². The Morgan fingerprint density at radius 2 is 2.14 bits per heavy atom. The highest BCUT2D eigenvalue weighted by Crippen LogP contribution is 2.27. The van der Waals surface area contributed by atoms with Crippen LogP contribution in [0.5, 0.6) is 0 Å². The van der Waals surface area contributed by atoms with E-state index in [2.05, 4.69) is 18.7 Å². The highest BCUT2D eigenvalue weighted by atomic mass is 32.1. The van der Waals surface area contributed by atoms with Crippen LogP contribution in [0.2, 0.25) is 0 Å². The van der Waals surface area contributed by atoms with E-state index in [1.807, 2.05) is 17.5 Å². The number of hydrogen-bond donors (Lipinski definition) is 0. The molecule has 1 aromatic heterocycles. The lowest BCUT2D eigenvalue weighted by Gasteiger charge is -2.28. The van der Waals surface area contributed by atoms with Gasteiger partial charge in [-0.1, -0.05) is 6.07 Å². The average Bonchev–Trinajstić information content (AvgIpc) is 2.96. The molecular formula is C15H16N2O3S. The summed E-state index contributed by atoms with van der Waals surface area (Å²) in [7, 11) is 0. The van der Waals surface area contributed by atoms with Crippen LogP contribution in [-0.2, 0) is 6.54 Å². The molecule has 0 saturated carbocycles. The van der Waals surface area contributed by atoms with Crippen molar-refractivity contribution in [3.05, 3.63) is 56.3 Å². The molecule has 1 aromatic carbocycles. The molecule has 0 spiro atoms. The SMILES string of the molecule is CC(C)N(Cc1cccs1)c1ccc([N+](=O)[O-])c(C=O)c1. The van der Waals surface area contributed by atoms with Crippen LogP contribution in [0.4, 0.5) is 11.4 Å². The molecule has 0 aliphatic carbocycles. The van der Waals surface area contributed by atoms with Crippen molar-refractivity contribution in [3.8, 4) is 0 Å². The molecule has 0 unspecified atom stereocenters. The standard InChI is InChI=1S/C15H16N2O3S/c1-11(2)16(9-14-4-3-7-21-14)13-5-6-15(17(19)20)12(8-13)10-18/h3-8,10-11H,9H2,1-2H3. The molecule has 2 aromatic rings. The van der Waals surface area contributed by atoms with Crippen LogP contribution in [0, 0.1) is 10.1 Å². The van der Waals surface area contributed by atoms with Crippen molar-refractivity contribution in [2.24, 2.45) is 0 Å². The fraction of sp³-hybridized carbons (Fsp3) is 0.267. The third kappa shape index (κ3) is 3.46. The number of benzene rings is 1. The van der Waals surface area contributed by atoms with Crippen molar-refractivity contribution in [1.29, 1.82) is 0 Å².